The minimum Gasteiger partial charge on any atom is -0.344 e. The quantitative estimate of drug-likeness (QED) is 0.152. The number of fused-ring (bicyclic) bond motifs is 7. The molecule has 0 spiro atoms. The van der Waals surface area contributed by atoms with Gasteiger partial charge in [-0.2, -0.15) is 0 Å². The van der Waals surface area contributed by atoms with E-state index in [1.807, 2.05) is 41.5 Å². The molecule has 0 amide bonds. The summed E-state index contributed by atoms with van der Waals surface area (Å²) in [5.41, 5.74) is 5.25. The van der Waals surface area contributed by atoms with Crippen molar-refractivity contribution in [3.63, 3.8) is 0 Å². The van der Waals surface area contributed by atoms with Crippen LogP contribution in [-0.2, 0) is 7.05 Å². The SMILES string of the molecule is CC.CC.CC.Cc1ccc2cc(C)ccc2c1.Cn1c2ccccc2c2ccccc21.c1ccc2c(c1)ccc1ccccc12. The monoisotopic (exact) mass is 605 g/mol. The summed E-state index contributed by atoms with van der Waals surface area (Å²) >= 11 is 0. The molecule has 0 aliphatic rings. The summed E-state index contributed by atoms with van der Waals surface area (Å²) in [4.78, 5) is 0. The number of rotatable bonds is 0. The number of aromatic nitrogens is 1. The van der Waals surface area contributed by atoms with Crippen LogP contribution in [0.2, 0.25) is 0 Å². The topological polar surface area (TPSA) is 4.93 Å². The van der Waals surface area contributed by atoms with Crippen molar-refractivity contribution in [2.24, 2.45) is 7.05 Å². The molecule has 1 nitrogen and oxygen atoms in total. The van der Waals surface area contributed by atoms with Gasteiger partial charge < -0.3 is 4.57 Å². The zero-order valence-corrected chi connectivity index (χ0v) is 29.3. The zero-order chi connectivity index (χ0) is 33.5. The second-order valence-corrected chi connectivity index (χ2v) is 10.5. The summed E-state index contributed by atoms with van der Waals surface area (Å²) in [7, 11) is 2.12. The predicted octanol–water partition coefficient (Wildman–Crippen LogP) is 13.9. The molecule has 0 aliphatic heterocycles. The summed E-state index contributed by atoms with van der Waals surface area (Å²) in [5, 5.41) is 10.6. The summed E-state index contributed by atoms with van der Waals surface area (Å²) in [5.74, 6) is 0. The highest BCUT2D eigenvalue weighted by molar-refractivity contribution is 6.08. The Morgan fingerprint density at radius 1 is 0.326 bits per heavy atom. The Bertz CT molecular complexity index is 1950. The van der Waals surface area contributed by atoms with Gasteiger partial charge in [0.15, 0.2) is 0 Å². The average Bonchev–Trinajstić information content (AvgIpc) is 3.43. The molecule has 0 unspecified atom stereocenters. The summed E-state index contributed by atoms with van der Waals surface area (Å²) in [6.07, 6.45) is 0. The first-order valence-corrected chi connectivity index (χ1v) is 16.8. The van der Waals surface area contributed by atoms with Gasteiger partial charge in [0.2, 0.25) is 0 Å². The molecule has 0 fully saturated rings. The number of aryl methyl sites for hydroxylation is 3. The van der Waals surface area contributed by atoms with Crippen LogP contribution >= 0.6 is 0 Å². The van der Waals surface area contributed by atoms with Crippen LogP contribution in [0.25, 0.3) is 54.1 Å². The van der Waals surface area contributed by atoms with Gasteiger partial charge in [-0.3, -0.25) is 0 Å². The van der Waals surface area contributed by atoms with E-state index in [4.69, 9.17) is 0 Å². The van der Waals surface area contributed by atoms with Crippen LogP contribution < -0.4 is 0 Å². The maximum Gasteiger partial charge on any atom is 0.0488 e. The molecule has 0 saturated heterocycles. The van der Waals surface area contributed by atoms with E-state index in [1.165, 1.54) is 65.3 Å². The molecule has 8 aromatic rings. The molecule has 0 N–H and O–H groups in total. The summed E-state index contributed by atoms with van der Waals surface area (Å²) in [6, 6.07) is 51.5. The smallest absolute Gasteiger partial charge is 0.0488 e. The molecular weight excluding hydrogens is 555 g/mol. The Balaban J connectivity index is 0.000000174. The Morgan fingerprint density at radius 2 is 0.630 bits per heavy atom. The minimum atomic E-state index is 1.30. The van der Waals surface area contributed by atoms with Crippen LogP contribution in [0.1, 0.15) is 52.7 Å². The average molecular weight is 606 g/mol. The summed E-state index contributed by atoms with van der Waals surface area (Å²) in [6.45, 7) is 16.2. The van der Waals surface area contributed by atoms with Gasteiger partial charge in [0.1, 0.15) is 0 Å². The molecule has 0 bridgehead atoms. The maximum absolute atomic E-state index is 2.24. The van der Waals surface area contributed by atoms with Gasteiger partial charge in [-0.15, -0.1) is 0 Å². The zero-order valence-electron chi connectivity index (χ0n) is 29.3. The van der Waals surface area contributed by atoms with Crippen molar-refractivity contribution in [1.29, 1.82) is 0 Å². The largest absolute Gasteiger partial charge is 0.344 e. The van der Waals surface area contributed by atoms with Crippen molar-refractivity contribution in [2.75, 3.05) is 0 Å². The van der Waals surface area contributed by atoms with Crippen molar-refractivity contribution in [2.45, 2.75) is 55.4 Å². The van der Waals surface area contributed by atoms with E-state index in [0.29, 0.717) is 0 Å². The lowest BCUT2D eigenvalue weighted by atomic mass is 10.0. The number of nitrogens with zero attached hydrogens (tertiary/aromatic N) is 1. The molecule has 0 saturated carbocycles. The van der Waals surface area contributed by atoms with Crippen molar-refractivity contribution in [3.8, 4) is 0 Å². The number of para-hydroxylation sites is 2. The van der Waals surface area contributed by atoms with E-state index in [0.717, 1.165) is 0 Å². The standard InChI is InChI=1S/C14H10.C13H11N.C12H12.3C2H6/c1-3-7-13-11(5-1)9-10-12-6-2-4-8-14(12)13;1-14-12-8-4-2-6-10(12)11-7-3-5-9-13(11)14;1-9-3-5-12-8-10(2)4-6-11(12)7-9;3*1-2/h1-10H;2-9H,1H3;3-8H,1-2H3;3*1-2H3. The highest BCUT2D eigenvalue weighted by Gasteiger charge is 2.05. The van der Waals surface area contributed by atoms with Crippen molar-refractivity contribution in [1.82, 2.24) is 4.57 Å². The van der Waals surface area contributed by atoms with Crippen LogP contribution in [0.5, 0.6) is 0 Å². The fraction of sp³-hybridized carbons (Fsp3) is 0.200. The van der Waals surface area contributed by atoms with Crippen LogP contribution in [0.4, 0.5) is 0 Å². The third-order valence-electron chi connectivity index (χ3n) is 7.63. The van der Waals surface area contributed by atoms with E-state index in [1.54, 1.807) is 0 Å². The molecule has 0 atom stereocenters. The molecule has 1 heterocycles. The predicted molar refractivity (Wildman–Crippen MR) is 209 cm³/mol. The van der Waals surface area contributed by atoms with Crippen LogP contribution in [-0.4, -0.2) is 4.57 Å². The van der Waals surface area contributed by atoms with E-state index in [2.05, 4.69) is 171 Å². The number of hydrogen-bond acceptors (Lipinski definition) is 0. The second kappa shape index (κ2) is 18.2. The fourth-order valence-corrected chi connectivity index (χ4v) is 5.56. The molecule has 46 heavy (non-hydrogen) atoms. The third kappa shape index (κ3) is 8.43. The van der Waals surface area contributed by atoms with Crippen molar-refractivity contribution in [3.05, 3.63) is 157 Å². The van der Waals surface area contributed by atoms with Gasteiger partial charge in [-0.25, -0.2) is 0 Å². The van der Waals surface area contributed by atoms with Crippen LogP contribution in [0.15, 0.2) is 146 Å². The Morgan fingerprint density at radius 3 is 1.02 bits per heavy atom. The first kappa shape index (κ1) is 35.6. The highest BCUT2D eigenvalue weighted by atomic mass is 14.9. The molecule has 8 rings (SSSR count). The first-order chi connectivity index (χ1) is 22.6. The highest BCUT2D eigenvalue weighted by Crippen LogP contribution is 2.27. The molecular formula is C45H51N. The molecule has 7 aromatic carbocycles. The van der Waals surface area contributed by atoms with Crippen molar-refractivity contribution >= 4 is 54.1 Å². The maximum atomic E-state index is 2.24. The van der Waals surface area contributed by atoms with Gasteiger partial charge in [0, 0.05) is 28.9 Å². The Hall–Kier alpha value is -4.88. The lowest BCUT2D eigenvalue weighted by Gasteiger charge is -2.02. The molecule has 0 radical (unpaired) electrons. The Labute approximate surface area is 277 Å². The van der Waals surface area contributed by atoms with E-state index in [9.17, 15) is 0 Å². The first-order valence-electron chi connectivity index (χ1n) is 16.8. The number of hydrogen-bond donors (Lipinski definition) is 0. The van der Waals surface area contributed by atoms with E-state index < -0.39 is 0 Å². The van der Waals surface area contributed by atoms with E-state index >= 15 is 0 Å². The molecule has 1 heteroatoms. The van der Waals surface area contributed by atoms with E-state index in [-0.39, 0.29) is 0 Å². The Kier molecular flexibility index (Phi) is 14.1. The lowest BCUT2D eigenvalue weighted by molar-refractivity contribution is 1.01. The van der Waals surface area contributed by atoms with Gasteiger partial charge in [-0.1, -0.05) is 186 Å². The molecule has 236 valence electrons. The van der Waals surface area contributed by atoms with Crippen LogP contribution in [0, 0.1) is 13.8 Å². The van der Waals surface area contributed by atoms with Gasteiger partial charge in [-0.05, 0) is 58.3 Å². The molecule has 0 aliphatic carbocycles. The summed E-state index contributed by atoms with van der Waals surface area (Å²) < 4.78 is 2.24. The normalized spacial score (nSPS) is 9.85. The number of benzene rings is 7. The minimum absolute atomic E-state index is 1.30. The van der Waals surface area contributed by atoms with Gasteiger partial charge in [0.25, 0.3) is 0 Å². The third-order valence-corrected chi connectivity index (χ3v) is 7.63. The fourth-order valence-electron chi connectivity index (χ4n) is 5.56. The molecule has 1 aromatic heterocycles. The van der Waals surface area contributed by atoms with Gasteiger partial charge in [0.05, 0.1) is 0 Å². The van der Waals surface area contributed by atoms with Gasteiger partial charge >= 0.3 is 0 Å². The van der Waals surface area contributed by atoms with Crippen LogP contribution in [0.3, 0.4) is 0 Å². The van der Waals surface area contributed by atoms with Crippen molar-refractivity contribution < 1.29 is 0 Å². The second-order valence-electron chi connectivity index (χ2n) is 10.5. The lowest BCUT2D eigenvalue weighted by Crippen LogP contribution is -1.84.